The van der Waals surface area contributed by atoms with Crippen molar-refractivity contribution in [3.63, 3.8) is 0 Å². The van der Waals surface area contributed by atoms with Crippen molar-refractivity contribution in [2.75, 3.05) is 13.1 Å². The van der Waals surface area contributed by atoms with Crippen LogP contribution in [0.1, 0.15) is 19.8 Å². The summed E-state index contributed by atoms with van der Waals surface area (Å²) in [4.78, 5) is 12.8. The summed E-state index contributed by atoms with van der Waals surface area (Å²) < 4.78 is 0. The molecule has 1 unspecified atom stereocenters. The van der Waals surface area contributed by atoms with E-state index in [2.05, 4.69) is 0 Å². The van der Waals surface area contributed by atoms with Crippen molar-refractivity contribution in [2.24, 2.45) is 0 Å². The molecule has 0 aromatic heterocycles. The van der Waals surface area contributed by atoms with Gasteiger partial charge in [-0.1, -0.05) is 0 Å². The maximum Gasteiger partial charge on any atom is 0.225 e. The molecule has 1 atom stereocenters. The Bertz CT molecular complexity index is 130. The number of amides is 1. The Balaban J connectivity index is 2.20. The molecule has 10 heavy (non-hydrogen) atoms. The van der Waals surface area contributed by atoms with Gasteiger partial charge in [-0.3, -0.25) is 4.79 Å². The molecule has 1 fully saturated rings. The van der Waals surface area contributed by atoms with Gasteiger partial charge in [0.2, 0.25) is 5.91 Å². The minimum Gasteiger partial charge on any atom is -0.393 e. The molecule has 1 saturated heterocycles. The van der Waals surface area contributed by atoms with Gasteiger partial charge in [-0.05, 0) is 13.3 Å². The van der Waals surface area contributed by atoms with Crippen LogP contribution in [0.25, 0.3) is 0 Å². The molecule has 1 heterocycles. The predicted octanol–water partition coefficient (Wildman–Crippen LogP) is -0.0104. The number of hydrogen-bond donors (Lipinski definition) is 1. The topological polar surface area (TPSA) is 40.5 Å². The molecule has 0 radical (unpaired) electrons. The van der Waals surface area contributed by atoms with Gasteiger partial charge in [-0.15, -0.1) is 0 Å². The molecule has 0 aromatic rings. The van der Waals surface area contributed by atoms with Gasteiger partial charge >= 0.3 is 0 Å². The maximum atomic E-state index is 11.0. The van der Waals surface area contributed by atoms with Gasteiger partial charge in [0.1, 0.15) is 0 Å². The zero-order valence-corrected chi connectivity index (χ0v) is 6.21. The fourth-order valence-electron chi connectivity index (χ4n) is 0.947. The Morgan fingerprint density at radius 1 is 1.70 bits per heavy atom. The first-order valence-corrected chi connectivity index (χ1v) is 3.66. The summed E-state index contributed by atoms with van der Waals surface area (Å²) in [5.41, 5.74) is 0. The molecule has 3 nitrogen and oxygen atoms in total. The van der Waals surface area contributed by atoms with E-state index in [4.69, 9.17) is 5.11 Å². The normalized spacial score (nSPS) is 20.0. The van der Waals surface area contributed by atoms with Crippen molar-refractivity contribution < 1.29 is 9.90 Å². The molecule has 1 amide bonds. The largest absolute Gasteiger partial charge is 0.393 e. The number of likely N-dealkylation sites (tertiary alicyclic amines) is 1. The molecule has 58 valence electrons. The van der Waals surface area contributed by atoms with E-state index in [0.717, 1.165) is 19.5 Å². The monoisotopic (exact) mass is 143 g/mol. The molecule has 1 aliphatic rings. The van der Waals surface area contributed by atoms with Crippen LogP contribution in [-0.4, -0.2) is 35.1 Å². The van der Waals surface area contributed by atoms with Crippen molar-refractivity contribution in [1.29, 1.82) is 0 Å². The van der Waals surface area contributed by atoms with Crippen molar-refractivity contribution in [1.82, 2.24) is 4.90 Å². The third-order valence-electron chi connectivity index (χ3n) is 1.68. The standard InChI is InChI=1S/C7H13NO2/c1-6(9)5-7(10)8-3-2-4-8/h6,9H,2-5H2,1H3. The van der Waals surface area contributed by atoms with Crippen LogP contribution in [0.5, 0.6) is 0 Å². The molecular formula is C7H13NO2. The third kappa shape index (κ3) is 1.70. The van der Waals surface area contributed by atoms with E-state index in [1.807, 2.05) is 0 Å². The molecule has 1 aliphatic heterocycles. The van der Waals surface area contributed by atoms with Crippen molar-refractivity contribution in [3.8, 4) is 0 Å². The Kier molecular flexibility index (Phi) is 2.27. The average Bonchev–Trinajstić information content (AvgIpc) is 1.55. The SMILES string of the molecule is CC(O)CC(=O)N1CCC1. The summed E-state index contributed by atoms with van der Waals surface area (Å²) in [6, 6.07) is 0. The molecular weight excluding hydrogens is 130 g/mol. The van der Waals surface area contributed by atoms with Crippen LogP contribution in [0.4, 0.5) is 0 Å². The number of rotatable bonds is 2. The highest BCUT2D eigenvalue weighted by atomic mass is 16.3. The smallest absolute Gasteiger partial charge is 0.225 e. The zero-order valence-electron chi connectivity index (χ0n) is 6.21. The molecule has 0 saturated carbocycles. The molecule has 0 spiro atoms. The Labute approximate surface area is 60.6 Å². The van der Waals surface area contributed by atoms with Gasteiger partial charge in [0.15, 0.2) is 0 Å². The Hall–Kier alpha value is -0.570. The van der Waals surface area contributed by atoms with Gasteiger partial charge in [0.05, 0.1) is 12.5 Å². The van der Waals surface area contributed by atoms with Crippen molar-refractivity contribution >= 4 is 5.91 Å². The van der Waals surface area contributed by atoms with Gasteiger partial charge in [-0.25, -0.2) is 0 Å². The first kappa shape index (κ1) is 7.54. The molecule has 0 aliphatic carbocycles. The number of nitrogens with zero attached hydrogens (tertiary/aromatic N) is 1. The van der Waals surface area contributed by atoms with E-state index in [9.17, 15) is 4.79 Å². The minimum atomic E-state index is -0.493. The third-order valence-corrected chi connectivity index (χ3v) is 1.68. The van der Waals surface area contributed by atoms with Crippen LogP contribution in [0.2, 0.25) is 0 Å². The second-order valence-corrected chi connectivity index (χ2v) is 2.79. The average molecular weight is 143 g/mol. The van der Waals surface area contributed by atoms with Crippen LogP contribution < -0.4 is 0 Å². The van der Waals surface area contributed by atoms with E-state index in [1.165, 1.54) is 0 Å². The van der Waals surface area contributed by atoms with E-state index in [0.29, 0.717) is 0 Å². The van der Waals surface area contributed by atoms with Gasteiger partial charge in [-0.2, -0.15) is 0 Å². The Morgan fingerprint density at radius 3 is 2.60 bits per heavy atom. The first-order chi connectivity index (χ1) is 4.70. The van der Waals surface area contributed by atoms with Crippen molar-refractivity contribution in [2.45, 2.75) is 25.9 Å². The van der Waals surface area contributed by atoms with E-state index in [-0.39, 0.29) is 12.3 Å². The van der Waals surface area contributed by atoms with Gasteiger partial charge in [0.25, 0.3) is 0 Å². The first-order valence-electron chi connectivity index (χ1n) is 3.66. The predicted molar refractivity (Wildman–Crippen MR) is 37.5 cm³/mol. The fraction of sp³-hybridized carbons (Fsp3) is 0.857. The highest BCUT2D eigenvalue weighted by Crippen LogP contribution is 2.08. The number of carbonyl (C=O) groups is 1. The molecule has 1 rings (SSSR count). The van der Waals surface area contributed by atoms with Crippen molar-refractivity contribution in [3.05, 3.63) is 0 Å². The van der Waals surface area contributed by atoms with E-state index in [1.54, 1.807) is 11.8 Å². The molecule has 3 heteroatoms. The second-order valence-electron chi connectivity index (χ2n) is 2.79. The number of aliphatic hydroxyl groups excluding tert-OH is 1. The van der Waals surface area contributed by atoms with Gasteiger partial charge < -0.3 is 10.0 Å². The molecule has 1 N–H and O–H groups in total. The van der Waals surface area contributed by atoms with Crippen LogP contribution in [0.3, 0.4) is 0 Å². The number of hydrogen-bond acceptors (Lipinski definition) is 2. The summed E-state index contributed by atoms with van der Waals surface area (Å²) in [6.45, 7) is 3.40. The molecule has 0 bridgehead atoms. The summed E-state index contributed by atoms with van der Waals surface area (Å²) in [5, 5.41) is 8.84. The van der Waals surface area contributed by atoms with Crippen LogP contribution in [0.15, 0.2) is 0 Å². The summed E-state index contributed by atoms with van der Waals surface area (Å²) in [5.74, 6) is 0.0845. The van der Waals surface area contributed by atoms with Crippen LogP contribution in [0, 0.1) is 0 Å². The zero-order chi connectivity index (χ0) is 7.56. The van der Waals surface area contributed by atoms with Gasteiger partial charge in [0, 0.05) is 13.1 Å². The lowest BCUT2D eigenvalue weighted by atomic mass is 10.2. The van der Waals surface area contributed by atoms with Crippen LogP contribution in [-0.2, 0) is 4.79 Å². The minimum absolute atomic E-state index is 0.0845. The highest BCUT2D eigenvalue weighted by molar-refractivity contribution is 5.77. The quantitative estimate of drug-likeness (QED) is 0.590. The lowest BCUT2D eigenvalue weighted by Crippen LogP contribution is -2.42. The lowest BCUT2D eigenvalue weighted by Gasteiger charge is -2.31. The molecule has 0 aromatic carbocycles. The summed E-state index contributed by atoms with van der Waals surface area (Å²) in [6.07, 6.45) is 0.902. The van der Waals surface area contributed by atoms with Crippen LogP contribution >= 0.6 is 0 Å². The lowest BCUT2D eigenvalue weighted by molar-refractivity contribution is -0.136. The Morgan fingerprint density at radius 2 is 2.30 bits per heavy atom. The summed E-state index contributed by atoms with van der Waals surface area (Å²) in [7, 11) is 0. The van der Waals surface area contributed by atoms with E-state index < -0.39 is 6.10 Å². The number of aliphatic hydroxyl groups is 1. The number of carbonyl (C=O) groups excluding carboxylic acids is 1. The second kappa shape index (κ2) is 3.01. The fourth-order valence-corrected chi connectivity index (χ4v) is 0.947. The highest BCUT2D eigenvalue weighted by Gasteiger charge is 2.20. The van der Waals surface area contributed by atoms with E-state index >= 15 is 0 Å². The summed E-state index contributed by atoms with van der Waals surface area (Å²) >= 11 is 0. The maximum absolute atomic E-state index is 11.0.